The molecule has 0 spiro atoms. The van der Waals surface area contributed by atoms with Gasteiger partial charge in [-0.1, -0.05) is 30.3 Å². The normalized spacial score (nSPS) is 14.5. The van der Waals surface area contributed by atoms with E-state index in [1.807, 2.05) is 37.3 Å². The van der Waals surface area contributed by atoms with Gasteiger partial charge in [-0.25, -0.2) is 4.39 Å². The van der Waals surface area contributed by atoms with Crippen LogP contribution in [-0.4, -0.2) is 11.0 Å². The highest BCUT2D eigenvalue weighted by Crippen LogP contribution is 2.12. The molecule has 0 bridgehead atoms. The Balaban J connectivity index is 2.59. The smallest absolute Gasteiger partial charge is 0.266 e. The van der Waals surface area contributed by atoms with Crippen molar-refractivity contribution in [1.82, 2.24) is 5.32 Å². The predicted molar refractivity (Wildman–Crippen MR) is 56.8 cm³/mol. The molecule has 0 fully saturated rings. The van der Waals surface area contributed by atoms with Crippen molar-refractivity contribution < 1.29 is 9.18 Å². The number of carbonyl (C=O) groups excluding carboxylic acids is 1. The Hall–Kier alpha value is -0.900. The van der Waals surface area contributed by atoms with Gasteiger partial charge in [0.05, 0.1) is 6.04 Å². The third-order valence-corrected chi connectivity index (χ3v) is 2.27. The average molecular weight is 260 g/mol. The highest BCUT2D eigenvalue weighted by Gasteiger charge is 2.15. The summed E-state index contributed by atoms with van der Waals surface area (Å²) in [7, 11) is 0. The van der Waals surface area contributed by atoms with Gasteiger partial charge in [0.1, 0.15) is 0 Å². The molecule has 0 aliphatic rings. The first-order valence-electron chi connectivity index (χ1n) is 4.24. The molecule has 2 atom stereocenters. The summed E-state index contributed by atoms with van der Waals surface area (Å²) < 4.78 is 12.5. The molecule has 1 aromatic carbocycles. The van der Waals surface area contributed by atoms with Gasteiger partial charge in [0.15, 0.2) is 0 Å². The minimum atomic E-state index is -1.64. The lowest BCUT2D eigenvalue weighted by atomic mass is 10.1. The van der Waals surface area contributed by atoms with Gasteiger partial charge in [0, 0.05) is 0 Å². The molecule has 0 saturated carbocycles. The zero-order valence-electron chi connectivity index (χ0n) is 7.71. The van der Waals surface area contributed by atoms with Gasteiger partial charge in [-0.2, -0.15) is 0 Å². The zero-order chi connectivity index (χ0) is 10.6. The van der Waals surface area contributed by atoms with Crippen molar-refractivity contribution >= 4 is 21.8 Å². The van der Waals surface area contributed by atoms with Crippen molar-refractivity contribution in [3.8, 4) is 0 Å². The number of rotatable bonds is 3. The molecule has 1 rings (SSSR count). The first kappa shape index (κ1) is 11.2. The van der Waals surface area contributed by atoms with Crippen molar-refractivity contribution in [1.29, 1.82) is 0 Å². The quantitative estimate of drug-likeness (QED) is 0.831. The highest BCUT2D eigenvalue weighted by molar-refractivity contribution is 9.09. The molecular formula is C10H11BrFNO. The lowest BCUT2D eigenvalue weighted by Gasteiger charge is -2.13. The van der Waals surface area contributed by atoms with Crippen LogP contribution in [0.25, 0.3) is 0 Å². The zero-order valence-corrected chi connectivity index (χ0v) is 9.29. The first-order valence-corrected chi connectivity index (χ1v) is 5.16. The summed E-state index contributed by atoms with van der Waals surface area (Å²) in [6.45, 7) is 1.81. The van der Waals surface area contributed by atoms with E-state index < -0.39 is 11.0 Å². The molecule has 0 aliphatic carbocycles. The molecule has 1 amide bonds. The molecule has 1 N–H and O–H groups in total. The van der Waals surface area contributed by atoms with Crippen LogP contribution >= 0.6 is 15.9 Å². The highest BCUT2D eigenvalue weighted by atomic mass is 79.9. The molecule has 0 saturated heterocycles. The second-order valence-corrected chi connectivity index (χ2v) is 3.75. The third kappa shape index (κ3) is 3.10. The molecule has 0 heterocycles. The Morgan fingerprint density at radius 1 is 1.43 bits per heavy atom. The molecule has 0 radical (unpaired) electrons. The molecule has 2 nitrogen and oxygen atoms in total. The summed E-state index contributed by atoms with van der Waals surface area (Å²) in [4.78, 5) is 11.0. The topological polar surface area (TPSA) is 29.1 Å². The van der Waals surface area contributed by atoms with Gasteiger partial charge < -0.3 is 5.32 Å². The van der Waals surface area contributed by atoms with Crippen LogP contribution in [0.4, 0.5) is 4.39 Å². The van der Waals surface area contributed by atoms with E-state index in [-0.39, 0.29) is 6.04 Å². The first-order chi connectivity index (χ1) is 6.61. The third-order valence-electron chi connectivity index (χ3n) is 1.86. The molecule has 0 aliphatic heterocycles. The lowest BCUT2D eigenvalue weighted by molar-refractivity contribution is -0.123. The van der Waals surface area contributed by atoms with Crippen molar-refractivity contribution in [3.05, 3.63) is 35.9 Å². The van der Waals surface area contributed by atoms with Gasteiger partial charge in [-0.05, 0) is 28.4 Å². The molecule has 2 unspecified atom stereocenters. The number of alkyl halides is 2. The van der Waals surface area contributed by atoms with Crippen molar-refractivity contribution in [2.75, 3.05) is 0 Å². The van der Waals surface area contributed by atoms with Crippen molar-refractivity contribution in [2.24, 2.45) is 0 Å². The maximum Gasteiger partial charge on any atom is 0.266 e. The molecule has 76 valence electrons. The fourth-order valence-electron chi connectivity index (χ4n) is 1.10. The van der Waals surface area contributed by atoms with Gasteiger partial charge in [0.2, 0.25) is 5.08 Å². The van der Waals surface area contributed by atoms with Crippen LogP contribution in [0.15, 0.2) is 30.3 Å². The van der Waals surface area contributed by atoms with E-state index in [2.05, 4.69) is 21.2 Å². The Morgan fingerprint density at radius 3 is 2.50 bits per heavy atom. The minimum Gasteiger partial charge on any atom is -0.346 e. The SMILES string of the molecule is CC(NC(=O)C(F)Br)c1ccccc1. The van der Waals surface area contributed by atoms with Gasteiger partial charge >= 0.3 is 0 Å². The van der Waals surface area contributed by atoms with E-state index in [1.165, 1.54) is 0 Å². The predicted octanol–water partition coefficient (Wildman–Crippen LogP) is 2.55. The second-order valence-electron chi connectivity index (χ2n) is 2.94. The van der Waals surface area contributed by atoms with Crippen LogP contribution in [0.3, 0.4) is 0 Å². The summed E-state index contributed by atoms with van der Waals surface area (Å²) in [6, 6.07) is 9.22. The fourth-order valence-corrected chi connectivity index (χ4v) is 1.23. The van der Waals surface area contributed by atoms with E-state index >= 15 is 0 Å². The van der Waals surface area contributed by atoms with Crippen molar-refractivity contribution in [3.63, 3.8) is 0 Å². The summed E-state index contributed by atoms with van der Waals surface area (Å²) in [6.07, 6.45) is 0. The van der Waals surface area contributed by atoms with Crippen LogP contribution in [0.2, 0.25) is 0 Å². The average Bonchev–Trinajstić information content (AvgIpc) is 2.19. The Morgan fingerprint density at radius 2 is 2.00 bits per heavy atom. The monoisotopic (exact) mass is 259 g/mol. The fraction of sp³-hybridized carbons (Fsp3) is 0.300. The number of halogens is 2. The number of nitrogens with one attached hydrogen (secondary N) is 1. The number of hydrogen-bond donors (Lipinski definition) is 1. The Bertz CT molecular complexity index is 302. The maximum atomic E-state index is 12.5. The number of hydrogen-bond acceptors (Lipinski definition) is 1. The van der Waals surface area contributed by atoms with Crippen LogP contribution in [-0.2, 0) is 4.79 Å². The van der Waals surface area contributed by atoms with Crippen LogP contribution < -0.4 is 5.32 Å². The van der Waals surface area contributed by atoms with E-state index in [0.29, 0.717) is 0 Å². The largest absolute Gasteiger partial charge is 0.346 e. The second kappa shape index (κ2) is 5.10. The molecule has 1 aromatic rings. The van der Waals surface area contributed by atoms with Crippen molar-refractivity contribution in [2.45, 2.75) is 18.0 Å². The number of amides is 1. The Labute approximate surface area is 90.6 Å². The summed E-state index contributed by atoms with van der Waals surface area (Å²) in [5.74, 6) is -0.652. The number of benzene rings is 1. The molecule has 4 heteroatoms. The maximum absolute atomic E-state index is 12.5. The van der Waals surface area contributed by atoms with Crippen LogP contribution in [0.5, 0.6) is 0 Å². The number of carbonyl (C=O) groups is 1. The van der Waals surface area contributed by atoms with E-state index in [1.54, 1.807) is 0 Å². The van der Waals surface area contributed by atoms with Crippen LogP contribution in [0, 0.1) is 0 Å². The molecule has 0 aromatic heterocycles. The van der Waals surface area contributed by atoms with Gasteiger partial charge in [0.25, 0.3) is 5.91 Å². The van der Waals surface area contributed by atoms with E-state index in [9.17, 15) is 9.18 Å². The molecule has 14 heavy (non-hydrogen) atoms. The van der Waals surface area contributed by atoms with E-state index in [0.717, 1.165) is 5.56 Å². The Kier molecular flexibility index (Phi) is 4.07. The lowest BCUT2D eigenvalue weighted by Crippen LogP contribution is -2.31. The standard InChI is InChI=1S/C10H11BrFNO/c1-7(13-10(14)9(11)12)8-5-3-2-4-6-8/h2-7,9H,1H3,(H,13,14). The van der Waals surface area contributed by atoms with Crippen LogP contribution in [0.1, 0.15) is 18.5 Å². The van der Waals surface area contributed by atoms with Gasteiger partial charge in [-0.3, -0.25) is 4.79 Å². The summed E-state index contributed by atoms with van der Waals surface area (Å²) in [5, 5.41) is 0.890. The van der Waals surface area contributed by atoms with Gasteiger partial charge in [-0.15, -0.1) is 0 Å². The molecular weight excluding hydrogens is 249 g/mol. The minimum absolute atomic E-state index is 0.181. The summed E-state index contributed by atoms with van der Waals surface area (Å²) >= 11 is 2.56. The summed E-state index contributed by atoms with van der Waals surface area (Å²) in [5.41, 5.74) is 0.953. The van der Waals surface area contributed by atoms with E-state index in [4.69, 9.17) is 0 Å².